The van der Waals surface area contributed by atoms with Crippen LogP contribution >= 0.6 is 0 Å². The first kappa shape index (κ1) is 18.2. The van der Waals surface area contributed by atoms with Crippen LogP contribution in [0.5, 0.6) is 5.75 Å². The maximum Gasteiger partial charge on any atom is 0.255 e. The molecule has 7 nitrogen and oxygen atoms in total. The fourth-order valence-electron chi connectivity index (χ4n) is 3.49. The minimum Gasteiger partial charge on any atom is -0.496 e. The molecule has 0 unspecified atom stereocenters. The number of primary amides is 1. The van der Waals surface area contributed by atoms with Crippen molar-refractivity contribution in [1.29, 1.82) is 0 Å². The van der Waals surface area contributed by atoms with E-state index in [0.29, 0.717) is 30.1 Å². The van der Waals surface area contributed by atoms with Crippen LogP contribution in [0.3, 0.4) is 0 Å². The van der Waals surface area contributed by atoms with Crippen LogP contribution in [0.4, 0.5) is 4.39 Å². The summed E-state index contributed by atoms with van der Waals surface area (Å²) < 4.78 is 25.1. The molecule has 1 aliphatic carbocycles. The van der Waals surface area contributed by atoms with E-state index in [1.54, 1.807) is 26.1 Å². The van der Waals surface area contributed by atoms with E-state index < -0.39 is 23.4 Å². The third-order valence-electron chi connectivity index (χ3n) is 5.20. The van der Waals surface area contributed by atoms with Gasteiger partial charge in [0.25, 0.3) is 11.8 Å². The summed E-state index contributed by atoms with van der Waals surface area (Å²) in [6.45, 7) is 1.92. The molecule has 3 rings (SSSR count). The summed E-state index contributed by atoms with van der Waals surface area (Å²) in [5.74, 6) is -0.524. The van der Waals surface area contributed by atoms with Crippen LogP contribution < -0.4 is 15.8 Å². The van der Waals surface area contributed by atoms with Crippen molar-refractivity contribution in [2.75, 3.05) is 20.8 Å². The maximum absolute atomic E-state index is 14.1. The number of alkyl halides is 1. The van der Waals surface area contributed by atoms with Crippen LogP contribution in [0, 0.1) is 12.3 Å². The Hall–Kier alpha value is -2.64. The number of carbonyl (C=O) groups excluding carboxylic acids is 2. The molecule has 0 aromatic heterocycles. The lowest BCUT2D eigenvalue weighted by Gasteiger charge is -2.20. The van der Waals surface area contributed by atoms with Gasteiger partial charge in [-0.2, -0.15) is 0 Å². The molecule has 1 aliphatic heterocycles. The molecule has 1 spiro atoms. The molecule has 0 bridgehead atoms. The zero-order valence-electron chi connectivity index (χ0n) is 15.0. The predicted molar refractivity (Wildman–Crippen MR) is 93.2 cm³/mol. The number of hydrogen-bond acceptors (Lipinski definition) is 5. The topological polar surface area (TPSA) is 103 Å². The minimum atomic E-state index is -1.48. The summed E-state index contributed by atoms with van der Waals surface area (Å²) in [7, 11) is 3.01. The number of hydrogen-bond donors (Lipinski definition) is 2. The molecule has 26 heavy (non-hydrogen) atoms. The van der Waals surface area contributed by atoms with Gasteiger partial charge in [-0.3, -0.25) is 14.6 Å². The van der Waals surface area contributed by atoms with Crippen LogP contribution in [-0.4, -0.2) is 50.7 Å². The number of nitrogens with two attached hydrogens (primary N) is 1. The van der Waals surface area contributed by atoms with E-state index in [4.69, 9.17) is 15.2 Å². The Balaban J connectivity index is 1.80. The Labute approximate surface area is 150 Å². The van der Waals surface area contributed by atoms with Gasteiger partial charge in [-0.25, -0.2) is 4.39 Å². The number of aryl methyl sites for hydroxylation is 1. The zero-order valence-corrected chi connectivity index (χ0v) is 15.0. The number of halogens is 1. The van der Waals surface area contributed by atoms with E-state index >= 15 is 0 Å². The molecular formula is C18H22FN3O4. The van der Waals surface area contributed by atoms with E-state index in [1.165, 1.54) is 7.11 Å². The van der Waals surface area contributed by atoms with E-state index in [1.807, 2.05) is 0 Å². The first-order valence-corrected chi connectivity index (χ1v) is 8.37. The predicted octanol–water partition coefficient (Wildman–Crippen LogP) is 1.11. The first-order valence-electron chi connectivity index (χ1n) is 8.37. The van der Waals surface area contributed by atoms with E-state index in [9.17, 15) is 14.0 Å². The monoisotopic (exact) mass is 363 g/mol. The quantitative estimate of drug-likeness (QED) is 0.604. The molecular weight excluding hydrogens is 341 g/mol. The molecule has 8 heteroatoms. The highest BCUT2D eigenvalue weighted by Gasteiger charge is 2.63. The fourth-order valence-corrected chi connectivity index (χ4v) is 3.49. The van der Waals surface area contributed by atoms with Crippen LogP contribution in [0.1, 0.15) is 34.3 Å². The third-order valence-corrected chi connectivity index (χ3v) is 5.20. The standard InChI is InChI=1S/C18H22FN3O4/c1-9-6-11(15(20)23)12(25-3)7-10(9)17(21-2)26-8-13-18(4-5-18)14(19)16(24)22-13/h6-7,13-14H,4-5,8H2,1-3H3,(H2,20,23)(H,22,24)/t13-,14-/m0/s1. The number of carbonyl (C=O) groups is 2. The number of methoxy groups -OCH3 is 1. The van der Waals surface area contributed by atoms with Gasteiger partial charge in [0.1, 0.15) is 12.4 Å². The minimum absolute atomic E-state index is 0.123. The van der Waals surface area contributed by atoms with Crippen molar-refractivity contribution in [3.8, 4) is 5.75 Å². The Morgan fingerprint density at radius 3 is 2.65 bits per heavy atom. The van der Waals surface area contributed by atoms with Gasteiger partial charge in [0.15, 0.2) is 6.17 Å². The van der Waals surface area contributed by atoms with Gasteiger partial charge in [-0.15, -0.1) is 0 Å². The van der Waals surface area contributed by atoms with Crippen molar-refractivity contribution in [2.45, 2.75) is 32.0 Å². The highest BCUT2D eigenvalue weighted by molar-refractivity contribution is 6.00. The zero-order chi connectivity index (χ0) is 19.1. The van der Waals surface area contributed by atoms with E-state index in [2.05, 4.69) is 10.3 Å². The van der Waals surface area contributed by atoms with Crippen molar-refractivity contribution in [2.24, 2.45) is 16.1 Å². The lowest BCUT2D eigenvalue weighted by atomic mass is 9.96. The van der Waals surface area contributed by atoms with Crippen LogP contribution in [-0.2, 0) is 9.53 Å². The normalized spacial score (nSPS) is 23.7. The molecule has 1 heterocycles. The highest BCUT2D eigenvalue weighted by atomic mass is 19.1. The SMILES string of the molecule is CN=C(OC[C@@H]1NC(=O)[C@H](F)C12CC2)c1cc(OC)c(C(N)=O)cc1C. The van der Waals surface area contributed by atoms with Gasteiger partial charge in [-0.05, 0) is 37.5 Å². The Morgan fingerprint density at radius 2 is 2.12 bits per heavy atom. The van der Waals surface area contributed by atoms with Crippen LogP contribution in [0.15, 0.2) is 17.1 Å². The molecule has 2 atom stereocenters. The van der Waals surface area contributed by atoms with Gasteiger partial charge in [0, 0.05) is 18.0 Å². The average Bonchev–Trinajstić information content (AvgIpc) is 3.38. The number of benzene rings is 1. The van der Waals surface area contributed by atoms with Gasteiger partial charge in [-0.1, -0.05) is 0 Å². The molecule has 1 aromatic carbocycles. The van der Waals surface area contributed by atoms with E-state index in [-0.39, 0.29) is 18.2 Å². The van der Waals surface area contributed by atoms with Crippen LogP contribution in [0.25, 0.3) is 0 Å². The maximum atomic E-state index is 14.1. The van der Waals surface area contributed by atoms with Crippen molar-refractivity contribution >= 4 is 17.7 Å². The lowest BCUT2D eigenvalue weighted by Crippen LogP contribution is -2.35. The second kappa shape index (κ2) is 6.59. The molecule has 3 N–H and O–H groups in total. The largest absolute Gasteiger partial charge is 0.496 e. The van der Waals surface area contributed by atoms with Gasteiger partial charge >= 0.3 is 0 Å². The number of nitrogens with zero attached hydrogens (tertiary/aromatic N) is 1. The average molecular weight is 363 g/mol. The second-order valence-corrected chi connectivity index (χ2v) is 6.73. The number of rotatable bonds is 5. The van der Waals surface area contributed by atoms with E-state index in [0.717, 1.165) is 5.56 Å². The fraction of sp³-hybridized carbons (Fsp3) is 0.500. The van der Waals surface area contributed by atoms with Crippen molar-refractivity contribution in [3.63, 3.8) is 0 Å². The molecule has 140 valence electrons. The van der Waals surface area contributed by atoms with Gasteiger partial charge in [0.2, 0.25) is 5.90 Å². The number of amides is 2. The number of nitrogens with one attached hydrogen (secondary N) is 1. The second-order valence-electron chi connectivity index (χ2n) is 6.73. The van der Waals surface area contributed by atoms with Gasteiger partial charge in [0.05, 0.1) is 18.7 Å². The summed E-state index contributed by atoms with van der Waals surface area (Å²) in [5.41, 5.74) is 6.37. The Morgan fingerprint density at radius 1 is 1.42 bits per heavy atom. The first-order chi connectivity index (χ1) is 12.3. The Bertz CT molecular complexity index is 789. The molecule has 2 aliphatic rings. The molecule has 1 saturated heterocycles. The summed E-state index contributed by atoms with van der Waals surface area (Å²) in [6, 6.07) is 2.87. The van der Waals surface area contributed by atoms with Crippen LogP contribution in [0.2, 0.25) is 0 Å². The summed E-state index contributed by atoms with van der Waals surface area (Å²) >= 11 is 0. The number of ether oxygens (including phenoxy) is 2. The summed E-state index contributed by atoms with van der Waals surface area (Å²) in [4.78, 5) is 27.3. The molecule has 0 radical (unpaired) electrons. The van der Waals surface area contributed by atoms with Crippen molar-refractivity contribution in [1.82, 2.24) is 5.32 Å². The third kappa shape index (κ3) is 2.89. The molecule has 2 fully saturated rings. The summed E-state index contributed by atoms with van der Waals surface area (Å²) in [6.07, 6.45) is -0.144. The van der Waals surface area contributed by atoms with Crippen molar-refractivity contribution < 1.29 is 23.5 Å². The van der Waals surface area contributed by atoms with Crippen molar-refractivity contribution in [3.05, 3.63) is 28.8 Å². The highest BCUT2D eigenvalue weighted by Crippen LogP contribution is 2.55. The Kier molecular flexibility index (Phi) is 4.60. The van der Waals surface area contributed by atoms with Gasteiger partial charge < -0.3 is 20.5 Å². The molecule has 2 amide bonds. The smallest absolute Gasteiger partial charge is 0.255 e. The lowest BCUT2D eigenvalue weighted by molar-refractivity contribution is -0.124. The molecule has 1 aromatic rings. The number of aliphatic imine (C=N–C) groups is 1. The molecule has 1 saturated carbocycles. The summed E-state index contributed by atoms with van der Waals surface area (Å²) in [5, 5.41) is 2.67.